The molecular formula is C16H15FN2O2. The smallest absolute Gasteiger partial charge is 0.254 e. The lowest BCUT2D eigenvalue weighted by molar-refractivity contribution is 0.0775. The molecule has 5 heteroatoms. The quantitative estimate of drug-likeness (QED) is 0.878. The van der Waals surface area contributed by atoms with Crippen molar-refractivity contribution in [1.29, 1.82) is 0 Å². The molecule has 0 bridgehead atoms. The fourth-order valence-electron chi connectivity index (χ4n) is 1.82. The zero-order valence-electron chi connectivity index (χ0n) is 11.6. The summed E-state index contributed by atoms with van der Waals surface area (Å²) in [6.45, 7) is 0.480. The summed E-state index contributed by atoms with van der Waals surface area (Å²) in [4.78, 5) is 13.7. The summed E-state index contributed by atoms with van der Waals surface area (Å²) in [7, 11) is 1.63. The third-order valence-corrected chi connectivity index (χ3v) is 2.86. The molecule has 0 saturated heterocycles. The third-order valence-electron chi connectivity index (χ3n) is 2.86. The average Bonchev–Trinajstić information content (AvgIpc) is 2.98. The van der Waals surface area contributed by atoms with E-state index in [4.69, 9.17) is 10.2 Å². The molecule has 0 atom stereocenters. The molecule has 0 unspecified atom stereocenters. The van der Waals surface area contributed by atoms with Crippen LogP contribution in [0.5, 0.6) is 0 Å². The minimum atomic E-state index is -0.534. The van der Waals surface area contributed by atoms with Gasteiger partial charge in [0.25, 0.3) is 5.91 Å². The molecule has 1 amide bonds. The van der Waals surface area contributed by atoms with Gasteiger partial charge in [-0.05, 0) is 30.3 Å². The number of benzene rings is 1. The standard InChI is InChI=1S/C16H15FN2O2/c1-19(11-14-5-3-9-21-14)16(20)13-7-6-12(4-2-8-18)15(17)10-13/h3,5-7,9-10H,8,11,18H2,1H3. The first-order valence-electron chi connectivity index (χ1n) is 6.38. The van der Waals surface area contributed by atoms with Crippen LogP contribution in [0.15, 0.2) is 41.0 Å². The Balaban J connectivity index is 2.14. The lowest BCUT2D eigenvalue weighted by atomic mass is 10.1. The first-order chi connectivity index (χ1) is 10.1. The second-order valence-electron chi connectivity index (χ2n) is 4.44. The largest absolute Gasteiger partial charge is 0.467 e. The van der Waals surface area contributed by atoms with Gasteiger partial charge < -0.3 is 15.1 Å². The predicted molar refractivity (Wildman–Crippen MR) is 76.8 cm³/mol. The van der Waals surface area contributed by atoms with Crippen molar-refractivity contribution < 1.29 is 13.6 Å². The van der Waals surface area contributed by atoms with E-state index in [1.165, 1.54) is 23.3 Å². The highest BCUT2D eigenvalue weighted by Crippen LogP contribution is 2.13. The Kier molecular flexibility index (Phi) is 4.75. The molecule has 4 nitrogen and oxygen atoms in total. The maximum atomic E-state index is 13.8. The van der Waals surface area contributed by atoms with Gasteiger partial charge in [0, 0.05) is 12.6 Å². The molecule has 0 spiro atoms. The number of furan rings is 1. The van der Waals surface area contributed by atoms with Gasteiger partial charge in [0.05, 0.1) is 24.9 Å². The summed E-state index contributed by atoms with van der Waals surface area (Å²) < 4.78 is 19.0. The molecule has 0 saturated carbocycles. The summed E-state index contributed by atoms with van der Waals surface area (Å²) in [5.41, 5.74) is 5.73. The lowest BCUT2D eigenvalue weighted by Crippen LogP contribution is -2.26. The fourth-order valence-corrected chi connectivity index (χ4v) is 1.82. The molecule has 0 radical (unpaired) electrons. The summed E-state index contributed by atoms with van der Waals surface area (Å²) in [5.74, 6) is 5.03. The van der Waals surface area contributed by atoms with Gasteiger partial charge in [0.15, 0.2) is 0 Å². The minimum absolute atomic E-state index is 0.159. The number of rotatable bonds is 3. The fraction of sp³-hybridized carbons (Fsp3) is 0.188. The van der Waals surface area contributed by atoms with Gasteiger partial charge in [0.2, 0.25) is 0 Å². The van der Waals surface area contributed by atoms with Crippen LogP contribution >= 0.6 is 0 Å². The Labute approximate surface area is 122 Å². The average molecular weight is 286 g/mol. The molecule has 0 aliphatic carbocycles. The van der Waals surface area contributed by atoms with Crippen molar-refractivity contribution in [3.8, 4) is 11.8 Å². The topological polar surface area (TPSA) is 59.5 Å². The Morgan fingerprint density at radius 1 is 1.43 bits per heavy atom. The number of carbonyl (C=O) groups is 1. The summed E-state index contributed by atoms with van der Waals surface area (Å²) >= 11 is 0. The van der Waals surface area contributed by atoms with E-state index >= 15 is 0 Å². The summed E-state index contributed by atoms with van der Waals surface area (Å²) in [6.07, 6.45) is 1.54. The van der Waals surface area contributed by atoms with Gasteiger partial charge in [0.1, 0.15) is 11.6 Å². The zero-order valence-corrected chi connectivity index (χ0v) is 11.6. The molecule has 2 N–H and O–H groups in total. The normalized spacial score (nSPS) is 9.86. The van der Waals surface area contributed by atoms with Gasteiger partial charge in [-0.3, -0.25) is 4.79 Å². The molecule has 0 fully saturated rings. The van der Waals surface area contributed by atoms with Crippen LogP contribution in [0.25, 0.3) is 0 Å². The second-order valence-corrected chi connectivity index (χ2v) is 4.44. The number of halogens is 1. The molecule has 1 aromatic carbocycles. The minimum Gasteiger partial charge on any atom is -0.467 e. The predicted octanol–water partition coefficient (Wildman–Crippen LogP) is 2.00. The molecule has 108 valence electrons. The Bertz CT molecular complexity index is 684. The Hall–Kier alpha value is -2.58. The second kappa shape index (κ2) is 6.73. The van der Waals surface area contributed by atoms with Gasteiger partial charge in [-0.25, -0.2) is 4.39 Å². The molecule has 1 aromatic heterocycles. The number of amides is 1. The molecule has 0 aliphatic rings. The summed E-state index contributed by atoms with van der Waals surface area (Å²) in [6, 6.07) is 7.73. The van der Waals surface area contributed by atoms with Gasteiger partial charge >= 0.3 is 0 Å². The highest BCUT2D eigenvalue weighted by molar-refractivity contribution is 5.94. The van der Waals surface area contributed by atoms with Crippen LogP contribution in [0.4, 0.5) is 4.39 Å². The van der Waals surface area contributed by atoms with Crippen molar-refractivity contribution in [3.63, 3.8) is 0 Å². The van der Waals surface area contributed by atoms with E-state index in [9.17, 15) is 9.18 Å². The molecule has 21 heavy (non-hydrogen) atoms. The van der Waals surface area contributed by atoms with Gasteiger partial charge in [-0.15, -0.1) is 0 Å². The third kappa shape index (κ3) is 3.71. The SMILES string of the molecule is CN(Cc1ccco1)C(=O)c1ccc(C#CCN)c(F)c1. The van der Waals surface area contributed by atoms with Crippen LogP contribution in [0.2, 0.25) is 0 Å². The van der Waals surface area contributed by atoms with Crippen molar-refractivity contribution in [1.82, 2.24) is 4.90 Å². The van der Waals surface area contributed by atoms with E-state index < -0.39 is 5.82 Å². The van der Waals surface area contributed by atoms with E-state index in [1.54, 1.807) is 25.2 Å². The van der Waals surface area contributed by atoms with Crippen molar-refractivity contribution >= 4 is 5.91 Å². The van der Waals surface area contributed by atoms with E-state index in [2.05, 4.69) is 11.8 Å². The maximum absolute atomic E-state index is 13.8. The number of nitrogens with two attached hydrogens (primary N) is 1. The molecule has 0 aliphatic heterocycles. The Morgan fingerprint density at radius 2 is 2.24 bits per heavy atom. The van der Waals surface area contributed by atoms with Gasteiger partial charge in [-0.1, -0.05) is 11.8 Å². The van der Waals surface area contributed by atoms with Crippen molar-refractivity contribution in [3.05, 3.63) is 59.3 Å². The van der Waals surface area contributed by atoms with E-state index in [1.807, 2.05) is 0 Å². The van der Waals surface area contributed by atoms with Crippen molar-refractivity contribution in [2.45, 2.75) is 6.54 Å². The van der Waals surface area contributed by atoms with Crippen LogP contribution < -0.4 is 5.73 Å². The highest BCUT2D eigenvalue weighted by atomic mass is 19.1. The van der Waals surface area contributed by atoms with Gasteiger partial charge in [-0.2, -0.15) is 0 Å². The van der Waals surface area contributed by atoms with Crippen LogP contribution in [0, 0.1) is 17.7 Å². The number of carbonyl (C=O) groups excluding carboxylic acids is 1. The van der Waals surface area contributed by atoms with Crippen molar-refractivity contribution in [2.24, 2.45) is 5.73 Å². The molecule has 1 heterocycles. The number of nitrogens with zero attached hydrogens (tertiary/aromatic N) is 1. The van der Waals surface area contributed by atoms with Crippen LogP contribution in [0.1, 0.15) is 21.7 Å². The highest BCUT2D eigenvalue weighted by Gasteiger charge is 2.14. The lowest BCUT2D eigenvalue weighted by Gasteiger charge is -2.15. The van der Waals surface area contributed by atoms with Crippen LogP contribution in [-0.2, 0) is 6.54 Å². The van der Waals surface area contributed by atoms with E-state index in [-0.39, 0.29) is 23.6 Å². The first kappa shape index (κ1) is 14.8. The maximum Gasteiger partial charge on any atom is 0.254 e. The number of hydrogen-bond donors (Lipinski definition) is 1. The summed E-state index contributed by atoms with van der Waals surface area (Å²) in [5, 5.41) is 0. The zero-order chi connectivity index (χ0) is 15.2. The monoisotopic (exact) mass is 286 g/mol. The van der Waals surface area contributed by atoms with E-state index in [0.717, 1.165) is 0 Å². The molecular weight excluding hydrogens is 271 g/mol. The van der Waals surface area contributed by atoms with Crippen molar-refractivity contribution in [2.75, 3.05) is 13.6 Å². The van der Waals surface area contributed by atoms with Crippen LogP contribution in [-0.4, -0.2) is 24.4 Å². The van der Waals surface area contributed by atoms with E-state index in [0.29, 0.717) is 12.3 Å². The number of hydrogen-bond acceptors (Lipinski definition) is 3. The molecule has 2 aromatic rings. The first-order valence-corrected chi connectivity index (χ1v) is 6.38. The van der Waals surface area contributed by atoms with Crippen LogP contribution in [0.3, 0.4) is 0 Å². The Morgan fingerprint density at radius 3 is 2.86 bits per heavy atom. The molecule has 2 rings (SSSR count).